The van der Waals surface area contributed by atoms with Gasteiger partial charge < -0.3 is 4.42 Å². The third-order valence-corrected chi connectivity index (χ3v) is 11.5. The molecule has 51 heavy (non-hydrogen) atoms. The molecule has 6 heteroatoms. The standard InChI is InChI=1S/C45H25N3OS2/c1-2-10-26(11-3-1)43-46-44(48-45(47-43)35-16-9-18-37-41(35)34-13-4-6-17-36(34)49-37)28-21-23-32-33-15-8-14-29(42(33)51-40(32)25-28)27-20-22-31-30-12-5-7-19-38(30)50-39(31)24-27/h1-25H/i8D,14D,15D,21D,23D,25D. The molecule has 0 aliphatic heterocycles. The monoisotopic (exact) mass is 693 g/mol. The molecule has 0 bridgehead atoms. The molecule has 0 saturated carbocycles. The normalized spacial score (nSPS) is 13.6. The Kier molecular flexibility index (Phi) is 5.08. The van der Waals surface area contributed by atoms with Crippen LogP contribution in [0.2, 0.25) is 0 Å². The molecule has 0 N–H and O–H groups in total. The van der Waals surface area contributed by atoms with E-state index in [1.807, 2.05) is 103 Å². The first-order chi connectivity index (χ1) is 27.8. The second kappa shape index (κ2) is 11.2. The summed E-state index contributed by atoms with van der Waals surface area (Å²) in [7, 11) is 0. The molecule has 11 aromatic rings. The van der Waals surface area contributed by atoms with Crippen molar-refractivity contribution < 1.29 is 12.6 Å². The van der Waals surface area contributed by atoms with Crippen LogP contribution in [0.15, 0.2) is 156 Å². The Morgan fingerprint density at radius 1 is 0.471 bits per heavy atom. The van der Waals surface area contributed by atoms with Gasteiger partial charge in [0.15, 0.2) is 17.5 Å². The summed E-state index contributed by atoms with van der Waals surface area (Å²) in [6.07, 6.45) is 0. The lowest BCUT2D eigenvalue weighted by Crippen LogP contribution is -2.00. The van der Waals surface area contributed by atoms with E-state index in [1.165, 1.54) is 11.3 Å². The maximum atomic E-state index is 9.67. The van der Waals surface area contributed by atoms with Crippen LogP contribution in [0.5, 0.6) is 0 Å². The zero-order valence-corrected chi connectivity index (χ0v) is 28.2. The van der Waals surface area contributed by atoms with Gasteiger partial charge in [-0.3, -0.25) is 0 Å². The summed E-state index contributed by atoms with van der Waals surface area (Å²) in [5.41, 5.74) is 4.02. The maximum Gasteiger partial charge on any atom is 0.164 e. The number of aromatic nitrogens is 3. The molecule has 238 valence electrons. The fraction of sp³-hybridized carbons (Fsp3) is 0. The number of hydrogen-bond donors (Lipinski definition) is 0. The van der Waals surface area contributed by atoms with Gasteiger partial charge in [-0.25, -0.2) is 15.0 Å². The van der Waals surface area contributed by atoms with E-state index >= 15 is 0 Å². The molecule has 0 unspecified atom stereocenters. The zero-order chi connectivity index (χ0) is 38.7. The highest BCUT2D eigenvalue weighted by atomic mass is 32.1. The molecule has 0 radical (unpaired) electrons. The number of furan rings is 1. The first-order valence-corrected chi connectivity index (χ1v) is 18.0. The molecular formula is C45H25N3OS2. The van der Waals surface area contributed by atoms with Crippen LogP contribution in [-0.4, -0.2) is 15.0 Å². The fourth-order valence-electron chi connectivity index (χ4n) is 6.90. The Labute approximate surface area is 308 Å². The largest absolute Gasteiger partial charge is 0.456 e. The Balaban J connectivity index is 1.18. The van der Waals surface area contributed by atoms with Crippen LogP contribution in [0, 0.1) is 0 Å². The third-order valence-electron chi connectivity index (χ3n) is 9.26. The smallest absolute Gasteiger partial charge is 0.164 e. The van der Waals surface area contributed by atoms with Gasteiger partial charge in [-0.15, -0.1) is 22.7 Å². The average Bonchev–Trinajstić information content (AvgIpc) is 3.94. The molecule has 0 saturated heterocycles. The van der Waals surface area contributed by atoms with Gasteiger partial charge in [0.2, 0.25) is 0 Å². The molecule has 4 aromatic heterocycles. The van der Waals surface area contributed by atoms with Crippen molar-refractivity contribution in [3.63, 3.8) is 0 Å². The van der Waals surface area contributed by atoms with Crippen LogP contribution in [0.3, 0.4) is 0 Å². The Morgan fingerprint density at radius 3 is 2.16 bits per heavy atom. The van der Waals surface area contributed by atoms with Crippen molar-refractivity contribution in [2.45, 2.75) is 0 Å². The lowest BCUT2D eigenvalue weighted by Gasteiger charge is -2.09. The van der Waals surface area contributed by atoms with Crippen molar-refractivity contribution in [3.05, 3.63) is 152 Å². The first-order valence-electron chi connectivity index (χ1n) is 19.4. The molecular weight excluding hydrogens is 663 g/mol. The van der Waals surface area contributed by atoms with Crippen molar-refractivity contribution in [2.75, 3.05) is 0 Å². The number of benzene rings is 7. The number of para-hydroxylation sites is 1. The highest BCUT2D eigenvalue weighted by molar-refractivity contribution is 7.26. The second-order valence-electron chi connectivity index (χ2n) is 12.3. The van der Waals surface area contributed by atoms with Crippen molar-refractivity contribution >= 4 is 85.0 Å². The summed E-state index contributed by atoms with van der Waals surface area (Å²) >= 11 is 2.85. The number of hydrogen-bond acceptors (Lipinski definition) is 6. The molecule has 0 amide bonds. The lowest BCUT2D eigenvalue weighted by molar-refractivity contribution is 0.669. The van der Waals surface area contributed by atoms with E-state index in [1.54, 1.807) is 11.3 Å². The van der Waals surface area contributed by atoms with Gasteiger partial charge in [0.25, 0.3) is 0 Å². The Hall–Kier alpha value is -6.21. The van der Waals surface area contributed by atoms with E-state index in [2.05, 4.69) is 12.1 Å². The molecule has 0 atom stereocenters. The topological polar surface area (TPSA) is 51.8 Å². The SMILES string of the molecule is [2H]c1c([2H])c([2H])c2c(sc3c([2H])c(-c4nc(-c5ccccc5)nc(-c5cccc6oc7ccccc7c56)n4)c([2H])c([2H])c32)c1-c1ccc2c(c1)sc1ccccc12. The van der Waals surface area contributed by atoms with Crippen molar-refractivity contribution in [2.24, 2.45) is 0 Å². The van der Waals surface area contributed by atoms with Gasteiger partial charge in [-0.05, 0) is 41.4 Å². The molecule has 0 fully saturated rings. The minimum Gasteiger partial charge on any atom is -0.456 e. The summed E-state index contributed by atoms with van der Waals surface area (Å²) in [5, 5.41) is 4.49. The van der Waals surface area contributed by atoms with E-state index in [4.69, 9.17) is 23.5 Å². The summed E-state index contributed by atoms with van der Waals surface area (Å²) in [6.45, 7) is 0. The third kappa shape index (κ3) is 4.54. The van der Waals surface area contributed by atoms with Crippen molar-refractivity contribution in [1.29, 1.82) is 0 Å². The summed E-state index contributed by atoms with van der Waals surface area (Å²) in [5.74, 6) is 0.727. The van der Waals surface area contributed by atoms with E-state index in [0.717, 1.165) is 36.5 Å². The highest BCUT2D eigenvalue weighted by Crippen LogP contribution is 2.43. The molecule has 4 nitrogen and oxygen atoms in total. The Morgan fingerprint density at radius 2 is 1.24 bits per heavy atom. The van der Waals surface area contributed by atoms with Crippen molar-refractivity contribution in [3.8, 4) is 45.3 Å². The van der Waals surface area contributed by atoms with Gasteiger partial charge >= 0.3 is 0 Å². The lowest BCUT2D eigenvalue weighted by atomic mass is 10.0. The minimum atomic E-state index is -0.274. The summed E-state index contributed by atoms with van der Waals surface area (Å²) in [4.78, 5) is 14.7. The summed E-state index contributed by atoms with van der Waals surface area (Å²) < 4.78 is 64.8. The van der Waals surface area contributed by atoms with Crippen LogP contribution in [0.25, 0.3) is 108 Å². The number of fused-ring (bicyclic) bond motifs is 9. The predicted molar refractivity (Wildman–Crippen MR) is 215 cm³/mol. The van der Waals surface area contributed by atoms with Gasteiger partial charge in [-0.2, -0.15) is 0 Å². The number of rotatable bonds is 4. The first kappa shape index (κ1) is 23.2. The van der Waals surface area contributed by atoms with Gasteiger partial charge in [0, 0.05) is 67.8 Å². The highest BCUT2D eigenvalue weighted by Gasteiger charge is 2.19. The van der Waals surface area contributed by atoms with E-state index < -0.39 is 0 Å². The molecule has 0 aliphatic rings. The average molecular weight is 694 g/mol. The van der Waals surface area contributed by atoms with Gasteiger partial charge in [0.05, 0.1) is 8.22 Å². The van der Waals surface area contributed by atoms with E-state index in [0.29, 0.717) is 54.3 Å². The Bertz CT molecular complexity index is 3510. The van der Waals surface area contributed by atoms with E-state index in [9.17, 15) is 4.11 Å². The minimum absolute atomic E-state index is 0.0566. The van der Waals surface area contributed by atoms with Crippen LogP contribution < -0.4 is 0 Å². The van der Waals surface area contributed by atoms with Crippen LogP contribution in [0.4, 0.5) is 0 Å². The molecule has 4 heterocycles. The quantitative estimate of drug-likeness (QED) is 0.184. The predicted octanol–water partition coefficient (Wildman–Crippen LogP) is 13.2. The van der Waals surface area contributed by atoms with Crippen molar-refractivity contribution in [1.82, 2.24) is 15.0 Å². The molecule has 11 rings (SSSR count). The van der Waals surface area contributed by atoms with Crippen LogP contribution >= 0.6 is 22.7 Å². The maximum absolute atomic E-state index is 9.67. The zero-order valence-electron chi connectivity index (χ0n) is 32.5. The second-order valence-corrected chi connectivity index (χ2v) is 14.4. The van der Waals surface area contributed by atoms with Crippen LogP contribution in [-0.2, 0) is 0 Å². The number of thiophene rings is 2. The van der Waals surface area contributed by atoms with Gasteiger partial charge in [-0.1, -0.05) is 121 Å². The van der Waals surface area contributed by atoms with Gasteiger partial charge in [0.1, 0.15) is 11.2 Å². The molecule has 7 aromatic carbocycles. The number of nitrogens with zero attached hydrogens (tertiary/aromatic N) is 3. The van der Waals surface area contributed by atoms with E-state index in [-0.39, 0.29) is 53.0 Å². The van der Waals surface area contributed by atoms with Crippen LogP contribution in [0.1, 0.15) is 8.22 Å². The molecule has 0 aliphatic carbocycles. The fourth-order valence-corrected chi connectivity index (χ4v) is 9.18. The summed E-state index contributed by atoms with van der Waals surface area (Å²) in [6, 6.07) is 35.9. The molecule has 0 spiro atoms.